The van der Waals surface area contributed by atoms with E-state index in [4.69, 9.17) is 22.3 Å². The zero-order valence-corrected chi connectivity index (χ0v) is 18.1. The first-order chi connectivity index (χ1) is 14.1. The van der Waals surface area contributed by atoms with Gasteiger partial charge in [0.15, 0.2) is 0 Å². The number of carbonyl (C=O) groups excluding carboxylic acids is 1. The van der Waals surface area contributed by atoms with Crippen molar-refractivity contribution in [2.45, 2.75) is 39.0 Å². The van der Waals surface area contributed by atoms with Gasteiger partial charge in [0.05, 0.1) is 23.1 Å². The van der Waals surface area contributed by atoms with E-state index >= 15 is 0 Å². The Labute approximate surface area is 180 Å². The number of hydrogen-bond acceptors (Lipinski definition) is 5. The first kappa shape index (κ1) is 21.5. The van der Waals surface area contributed by atoms with Crippen LogP contribution in [0, 0.1) is 0 Å². The predicted molar refractivity (Wildman–Crippen MR) is 119 cm³/mol. The third kappa shape index (κ3) is 5.44. The van der Waals surface area contributed by atoms with Gasteiger partial charge in [0.2, 0.25) is 5.13 Å². The van der Waals surface area contributed by atoms with Crippen LogP contribution in [-0.2, 0) is 6.42 Å². The number of nitrogens with two attached hydrogens (primary N) is 1. The van der Waals surface area contributed by atoms with E-state index < -0.39 is 0 Å². The zero-order chi connectivity index (χ0) is 20.6. The molecule has 154 valence electrons. The summed E-state index contributed by atoms with van der Waals surface area (Å²) in [6.45, 7) is 3.41. The molecule has 0 aliphatic rings. The van der Waals surface area contributed by atoms with Crippen LogP contribution in [0.5, 0.6) is 0 Å². The molecule has 3 aromatic rings. The number of aromatic nitrogens is 3. The predicted octanol–water partition coefficient (Wildman–Crippen LogP) is 4.46. The summed E-state index contributed by atoms with van der Waals surface area (Å²) in [5.74, 6) is -0.0820. The normalized spacial score (nSPS) is 11.0. The standard InChI is InChI=1S/C21H26ClN5OS/c1-2-19-17(20(28)24-12-6-4-3-5-11-23)13-25-27(19)21-26-18(14-29-21)15-7-9-16(22)10-8-15/h7-10,13-14H,2-6,11-12,23H2,1H3,(H,24,28). The van der Waals surface area contributed by atoms with E-state index in [0.29, 0.717) is 23.6 Å². The van der Waals surface area contributed by atoms with E-state index in [1.54, 1.807) is 10.9 Å². The molecular formula is C21H26ClN5OS. The molecule has 0 spiro atoms. The molecule has 0 fully saturated rings. The van der Waals surface area contributed by atoms with Crippen molar-refractivity contribution in [3.63, 3.8) is 0 Å². The molecule has 1 aromatic carbocycles. The van der Waals surface area contributed by atoms with E-state index in [1.807, 2.05) is 36.6 Å². The van der Waals surface area contributed by atoms with Gasteiger partial charge >= 0.3 is 0 Å². The van der Waals surface area contributed by atoms with E-state index in [9.17, 15) is 4.79 Å². The number of hydrogen-bond donors (Lipinski definition) is 2. The van der Waals surface area contributed by atoms with Crippen LogP contribution in [-0.4, -0.2) is 33.8 Å². The fourth-order valence-electron chi connectivity index (χ4n) is 3.10. The van der Waals surface area contributed by atoms with Crippen molar-refractivity contribution >= 4 is 28.8 Å². The molecule has 2 heterocycles. The van der Waals surface area contributed by atoms with Crippen molar-refractivity contribution in [2.24, 2.45) is 5.73 Å². The highest BCUT2D eigenvalue weighted by Crippen LogP contribution is 2.26. The van der Waals surface area contributed by atoms with Crippen LogP contribution in [0.1, 0.15) is 48.7 Å². The summed E-state index contributed by atoms with van der Waals surface area (Å²) in [4.78, 5) is 17.3. The summed E-state index contributed by atoms with van der Waals surface area (Å²) >= 11 is 7.46. The molecule has 1 amide bonds. The Hall–Kier alpha value is -2.22. The number of thiazole rings is 1. The number of nitrogens with one attached hydrogen (secondary N) is 1. The molecule has 0 aliphatic carbocycles. The fourth-order valence-corrected chi connectivity index (χ4v) is 4.04. The molecular weight excluding hydrogens is 406 g/mol. The molecule has 6 nitrogen and oxygen atoms in total. The topological polar surface area (TPSA) is 85.8 Å². The second-order valence-electron chi connectivity index (χ2n) is 6.75. The first-order valence-electron chi connectivity index (χ1n) is 9.91. The fraction of sp³-hybridized carbons (Fsp3) is 0.381. The van der Waals surface area contributed by atoms with E-state index in [0.717, 1.165) is 54.3 Å². The molecule has 0 atom stereocenters. The van der Waals surface area contributed by atoms with Crippen molar-refractivity contribution in [1.29, 1.82) is 0 Å². The molecule has 3 rings (SSSR count). The Morgan fingerprint density at radius 2 is 1.97 bits per heavy atom. The molecule has 0 saturated carbocycles. The number of rotatable bonds is 10. The zero-order valence-electron chi connectivity index (χ0n) is 16.5. The third-order valence-corrected chi connectivity index (χ3v) is 5.75. The monoisotopic (exact) mass is 431 g/mol. The Kier molecular flexibility index (Phi) is 7.80. The molecule has 0 saturated heterocycles. The quantitative estimate of drug-likeness (QED) is 0.464. The molecule has 3 N–H and O–H groups in total. The Morgan fingerprint density at radius 3 is 2.69 bits per heavy atom. The van der Waals surface area contributed by atoms with Crippen LogP contribution in [0.25, 0.3) is 16.4 Å². The maximum absolute atomic E-state index is 12.6. The SMILES string of the molecule is CCc1c(C(=O)NCCCCCCN)cnn1-c1nc(-c2ccc(Cl)cc2)cs1. The summed E-state index contributed by atoms with van der Waals surface area (Å²) in [5, 5.41) is 10.9. The van der Waals surface area contributed by atoms with Gasteiger partial charge in [-0.05, 0) is 37.9 Å². The van der Waals surface area contributed by atoms with Crippen molar-refractivity contribution in [2.75, 3.05) is 13.1 Å². The highest BCUT2D eigenvalue weighted by molar-refractivity contribution is 7.12. The second-order valence-corrected chi connectivity index (χ2v) is 8.02. The van der Waals surface area contributed by atoms with Crippen molar-refractivity contribution in [1.82, 2.24) is 20.1 Å². The van der Waals surface area contributed by atoms with Gasteiger partial charge in [0.25, 0.3) is 5.91 Å². The van der Waals surface area contributed by atoms with Gasteiger partial charge < -0.3 is 11.1 Å². The lowest BCUT2D eigenvalue weighted by Crippen LogP contribution is -2.25. The number of carbonyl (C=O) groups is 1. The van der Waals surface area contributed by atoms with E-state index in [-0.39, 0.29) is 5.91 Å². The molecule has 0 radical (unpaired) electrons. The summed E-state index contributed by atoms with van der Waals surface area (Å²) in [6, 6.07) is 7.58. The minimum atomic E-state index is -0.0820. The third-order valence-electron chi connectivity index (χ3n) is 4.68. The molecule has 29 heavy (non-hydrogen) atoms. The van der Waals surface area contributed by atoms with Crippen molar-refractivity contribution < 1.29 is 4.79 Å². The van der Waals surface area contributed by atoms with Crippen LogP contribution in [0.3, 0.4) is 0 Å². The van der Waals surface area contributed by atoms with Gasteiger partial charge in [0, 0.05) is 22.5 Å². The van der Waals surface area contributed by atoms with Crippen LogP contribution in [0.15, 0.2) is 35.8 Å². The number of nitrogens with zero attached hydrogens (tertiary/aromatic N) is 3. The summed E-state index contributed by atoms with van der Waals surface area (Å²) in [6.07, 6.45) is 6.49. The average molecular weight is 432 g/mol. The highest BCUT2D eigenvalue weighted by atomic mass is 35.5. The Bertz CT molecular complexity index is 935. The summed E-state index contributed by atoms with van der Waals surface area (Å²) in [7, 11) is 0. The molecule has 0 aliphatic heterocycles. The van der Waals surface area contributed by atoms with Gasteiger partial charge in [-0.25, -0.2) is 9.67 Å². The van der Waals surface area contributed by atoms with Gasteiger partial charge in [0.1, 0.15) is 0 Å². The average Bonchev–Trinajstić information content (AvgIpc) is 3.37. The van der Waals surface area contributed by atoms with E-state index in [2.05, 4.69) is 10.4 Å². The minimum Gasteiger partial charge on any atom is -0.352 e. The maximum Gasteiger partial charge on any atom is 0.254 e. The molecule has 8 heteroatoms. The second kappa shape index (κ2) is 10.5. The maximum atomic E-state index is 12.6. The largest absolute Gasteiger partial charge is 0.352 e. The summed E-state index contributed by atoms with van der Waals surface area (Å²) < 4.78 is 1.76. The number of unbranched alkanes of at least 4 members (excludes halogenated alkanes) is 3. The first-order valence-corrected chi connectivity index (χ1v) is 11.2. The highest BCUT2D eigenvalue weighted by Gasteiger charge is 2.18. The van der Waals surface area contributed by atoms with Gasteiger partial charge in [-0.1, -0.05) is 43.5 Å². The Morgan fingerprint density at radius 1 is 1.21 bits per heavy atom. The minimum absolute atomic E-state index is 0.0820. The molecule has 0 unspecified atom stereocenters. The number of amides is 1. The van der Waals surface area contributed by atoms with Gasteiger partial charge in [-0.3, -0.25) is 4.79 Å². The van der Waals surface area contributed by atoms with Crippen LogP contribution >= 0.6 is 22.9 Å². The van der Waals surface area contributed by atoms with Gasteiger partial charge in [-0.15, -0.1) is 11.3 Å². The number of benzene rings is 1. The lowest BCUT2D eigenvalue weighted by molar-refractivity contribution is 0.0952. The van der Waals surface area contributed by atoms with E-state index in [1.165, 1.54) is 11.3 Å². The molecule has 0 bridgehead atoms. The van der Waals surface area contributed by atoms with Gasteiger partial charge in [-0.2, -0.15) is 5.10 Å². The lowest BCUT2D eigenvalue weighted by Gasteiger charge is -2.07. The van der Waals surface area contributed by atoms with Crippen LogP contribution in [0.4, 0.5) is 0 Å². The Balaban J connectivity index is 1.69. The lowest BCUT2D eigenvalue weighted by atomic mass is 10.1. The van der Waals surface area contributed by atoms with Crippen molar-refractivity contribution in [3.05, 3.63) is 52.1 Å². The number of halogens is 1. The summed E-state index contributed by atoms with van der Waals surface area (Å²) in [5.41, 5.74) is 8.83. The molecule has 2 aromatic heterocycles. The van der Waals surface area contributed by atoms with Crippen molar-refractivity contribution in [3.8, 4) is 16.4 Å². The smallest absolute Gasteiger partial charge is 0.254 e. The van der Waals surface area contributed by atoms with Crippen LogP contribution < -0.4 is 11.1 Å². The van der Waals surface area contributed by atoms with Crippen LogP contribution in [0.2, 0.25) is 5.02 Å².